The van der Waals surface area contributed by atoms with Gasteiger partial charge in [-0.1, -0.05) is 23.7 Å². The van der Waals surface area contributed by atoms with Crippen LogP contribution in [0.1, 0.15) is 40.1 Å². The van der Waals surface area contributed by atoms with Crippen molar-refractivity contribution >= 4 is 44.6 Å². The molecular weight excluding hydrogens is 562 g/mol. The molecule has 41 heavy (non-hydrogen) atoms. The first-order valence-corrected chi connectivity index (χ1v) is 14.2. The second kappa shape index (κ2) is 10.9. The molecule has 1 atom stereocenters. The van der Waals surface area contributed by atoms with Gasteiger partial charge in [0, 0.05) is 27.6 Å². The lowest BCUT2D eigenvalue weighted by Crippen LogP contribution is -2.27. The third-order valence-corrected chi connectivity index (χ3v) is 8.48. The Labute approximate surface area is 244 Å². The number of hydrogen-bond donors (Lipinski definition) is 3. The van der Waals surface area contributed by atoms with Crippen molar-refractivity contribution in [2.75, 3.05) is 13.7 Å². The SMILES string of the molecule is COc1ccc2c(c1)C(c1ccc(Cl)cc1)=N[C@@H](CC(=O)NCCc1cc3ccc(O)c(O)c3s1)c1nnc(C)n1-2. The van der Waals surface area contributed by atoms with Crippen LogP contribution in [0.25, 0.3) is 15.8 Å². The highest BCUT2D eigenvalue weighted by Gasteiger charge is 2.30. The number of aromatic nitrogens is 3. The molecule has 11 heteroatoms. The van der Waals surface area contributed by atoms with Gasteiger partial charge in [0.25, 0.3) is 0 Å². The minimum Gasteiger partial charge on any atom is -0.504 e. The van der Waals surface area contributed by atoms with E-state index in [2.05, 4.69) is 15.5 Å². The molecule has 1 amide bonds. The highest BCUT2D eigenvalue weighted by atomic mass is 35.5. The van der Waals surface area contributed by atoms with Crippen LogP contribution in [0, 0.1) is 6.92 Å². The molecule has 6 rings (SSSR count). The van der Waals surface area contributed by atoms with E-state index in [-0.39, 0.29) is 23.8 Å². The van der Waals surface area contributed by atoms with Crippen LogP contribution in [0.5, 0.6) is 17.2 Å². The van der Waals surface area contributed by atoms with Gasteiger partial charge in [-0.2, -0.15) is 0 Å². The topological polar surface area (TPSA) is 122 Å². The number of halogens is 1. The number of hydrogen-bond acceptors (Lipinski definition) is 8. The second-order valence-electron chi connectivity index (χ2n) is 9.69. The molecule has 0 saturated carbocycles. The summed E-state index contributed by atoms with van der Waals surface area (Å²) in [5.41, 5.74) is 3.23. The molecular formula is C30H26ClN5O4S. The molecule has 3 N–H and O–H groups in total. The highest BCUT2D eigenvalue weighted by molar-refractivity contribution is 7.19. The summed E-state index contributed by atoms with van der Waals surface area (Å²) in [5.74, 6) is 1.50. The smallest absolute Gasteiger partial charge is 0.222 e. The van der Waals surface area contributed by atoms with Gasteiger partial charge in [-0.05, 0) is 67.3 Å². The van der Waals surface area contributed by atoms with E-state index in [0.29, 0.717) is 45.8 Å². The normalized spacial score (nSPS) is 14.2. The predicted octanol–water partition coefficient (Wildman–Crippen LogP) is 5.50. The second-order valence-corrected chi connectivity index (χ2v) is 11.3. The molecule has 2 aromatic heterocycles. The van der Waals surface area contributed by atoms with Crippen LogP contribution in [-0.2, 0) is 11.2 Å². The molecule has 0 radical (unpaired) electrons. The molecule has 208 valence electrons. The number of ether oxygens (including phenoxy) is 1. The third kappa shape index (κ3) is 5.12. The Bertz CT molecular complexity index is 1810. The van der Waals surface area contributed by atoms with Crippen molar-refractivity contribution in [2.45, 2.75) is 25.8 Å². The summed E-state index contributed by atoms with van der Waals surface area (Å²) in [5, 5.41) is 33.1. The Kier molecular flexibility index (Phi) is 7.10. The number of aromatic hydroxyl groups is 2. The van der Waals surface area contributed by atoms with Crippen molar-refractivity contribution < 1.29 is 19.7 Å². The van der Waals surface area contributed by atoms with Gasteiger partial charge in [-0.25, -0.2) is 0 Å². The highest BCUT2D eigenvalue weighted by Crippen LogP contribution is 2.39. The molecule has 1 aliphatic rings. The van der Waals surface area contributed by atoms with Crippen LogP contribution < -0.4 is 10.1 Å². The minimum absolute atomic E-state index is 0.0709. The largest absolute Gasteiger partial charge is 0.504 e. The average molecular weight is 588 g/mol. The van der Waals surface area contributed by atoms with E-state index in [4.69, 9.17) is 21.3 Å². The van der Waals surface area contributed by atoms with Gasteiger partial charge < -0.3 is 20.3 Å². The number of phenols is 2. The van der Waals surface area contributed by atoms with Gasteiger partial charge in [0.05, 0.1) is 29.6 Å². The quantitative estimate of drug-likeness (QED) is 0.216. The first kappa shape index (κ1) is 26.8. The van der Waals surface area contributed by atoms with Gasteiger partial charge >= 0.3 is 0 Å². The molecule has 0 fully saturated rings. The molecule has 0 spiro atoms. The molecule has 0 aliphatic carbocycles. The average Bonchev–Trinajstić information content (AvgIpc) is 3.53. The van der Waals surface area contributed by atoms with E-state index >= 15 is 0 Å². The Hall–Kier alpha value is -4.41. The fourth-order valence-electron chi connectivity index (χ4n) is 5.00. The molecule has 0 unspecified atom stereocenters. The van der Waals surface area contributed by atoms with Crippen LogP contribution in [0.15, 0.2) is 65.7 Å². The Morgan fingerprint density at radius 3 is 2.68 bits per heavy atom. The maximum atomic E-state index is 13.2. The van der Waals surface area contributed by atoms with E-state index in [9.17, 15) is 15.0 Å². The van der Waals surface area contributed by atoms with Crippen molar-refractivity contribution in [3.8, 4) is 22.9 Å². The minimum atomic E-state index is -0.593. The number of nitrogens with zero attached hydrogens (tertiary/aromatic N) is 4. The number of aryl methyl sites for hydroxylation is 1. The molecule has 1 aliphatic heterocycles. The Morgan fingerprint density at radius 1 is 1.10 bits per heavy atom. The number of fused-ring (bicyclic) bond motifs is 4. The van der Waals surface area contributed by atoms with Crippen LogP contribution in [-0.4, -0.2) is 50.3 Å². The van der Waals surface area contributed by atoms with Crippen LogP contribution in [0.3, 0.4) is 0 Å². The Morgan fingerprint density at radius 2 is 1.90 bits per heavy atom. The van der Waals surface area contributed by atoms with Gasteiger partial charge in [0.2, 0.25) is 5.91 Å². The zero-order valence-electron chi connectivity index (χ0n) is 22.3. The van der Waals surface area contributed by atoms with E-state index in [1.807, 2.05) is 60.0 Å². The van der Waals surface area contributed by atoms with Crippen molar-refractivity contribution in [3.05, 3.63) is 93.3 Å². The number of methoxy groups -OCH3 is 1. The van der Waals surface area contributed by atoms with Gasteiger partial charge in [-0.15, -0.1) is 21.5 Å². The van der Waals surface area contributed by atoms with Crippen LogP contribution in [0.4, 0.5) is 0 Å². The monoisotopic (exact) mass is 587 g/mol. The van der Waals surface area contributed by atoms with Gasteiger partial charge in [0.15, 0.2) is 17.3 Å². The zero-order chi connectivity index (χ0) is 28.7. The number of carbonyl (C=O) groups is 1. The number of phenolic OH excluding ortho intramolecular Hbond substituents is 2. The number of amides is 1. The summed E-state index contributed by atoms with van der Waals surface area (Å²) in [4.78, 5) is 19.3. The molecule has 0 bridgehead atoms. The predicted molar refractivity (Wildman–Crippen MR) is 159 cm³/mol. The van der Waals surface area contributed by atoms with Gasteiger partial charge in [0.1, 0.15) is 17.6 Å². The maximum Gasteiger partial charge on any atom is 0.222 e. The summed E-state index contributed by atoms with van der Waals surface area (Å²) in [6.45, 7) is 2.28. The summed E-state index contributed by atoms with van der Waals surface area (Å²) in [6.07, 6.45) is 0.650. The summed E-state index contributed by atoms with van der Waals surface area (Å²) >= 11 is 7.57. The third-order valence-electron chi connectivity index (χ3n) is 7.01. The number of aliphatic imine (C=N–C) groups is 1. The molecule has 3 heterocycles. The van der Waals surface area contributed by atoms with E-state index in [1.165, 1.54) is 17.4 Å². The lowest BCUT2D eigenvalue weighted by molar-refractivity contribution is -0.121. The number of rotatable bonds is 7. The zero-order valence-corrected chi connectivity index (χ0v) is 23.8. The van der Waals surface area contributed by atoms with Crippen molar-refractivity contribution in [1.82, 2.24) is 20.1 Å². The number of nitrogens with one attached hydrogen (secondary N) is 1. The number of carbonyl (C=O) groups excluding carboxylic acids is 1. The summed E-state index contributed by atoms with van der Waals surface area (Å²) < 4.78 is 8.09. The fraction of sp³-hybridized carbons (Fsp3) is 0.200. The molecule has 0 saturated heterocycles. The molecule has 9 nitrogen and oxygen atoms in total. The van der Waals surface area contributed by atoms with Crippen molar-refractivity contribution in [2.24, 2.45) is 4.99 Å². The first-order valence-electron chi connectivity index (χ1n) is 13.0. The van der Waals surface area contributed by atoms with E-state index < -0.39 is 6.04 Å². The molecule has 3 aromatic carbocycles. The summed E-state index contributed by atoms with van der Waals surface area (Å²) in [7, 11) is 1.62. The van der Waals surface area contributed by atoms with Gasteiger partial charge in [-0.3, -0.25) is 14.4 Å². The van der Waals surface area contributed by atoms with E-state index in [0.717, 1.165) is 27.1 Å². The summed E-state index contributed by atoms with van der Waals surface area (Å²) in [6, 6.07) is 17.8. The lowest BCUT2D eigenvalue weighted by atomic mass is 10.00. The van der Waals surface area contributed by atoms with Crippen LogP contribution >= 0.6 is 22.9 Å². The lowest BCUT2D eigenvalue weighted by Gasteiger charge is -2.14. The number of benzene rings is 3. The first-order chi connectivity index (χ1) is 19.8. The van der Waals surface area contributed by atoms with Crippen molar-refractivity contribution in [1.29, 1.82) is 0 Å². The Balaban J connectivity index is 1.28. The van der Waals surface area contributed by atoms with E-state index in [1.54, 1.807) is 13.2 Å². The maximum absolute atomic E-state index is 13.2. The van der Waals surface area contributed by atoms with Crippen molar-refractivity contribution in [3.63, 3.8) is 0 Å². The fourth-order valence-corrected chi connectivity index (χ4v) is 6.23. The molecule has 5 aromatic rings. The van der Waals surface area contributed by atoms with Crippen LogP contribution in [0.2, 0.25) is 5.02 Å². The number of thiophene rings is 1. The standard InChI is InChI=1S/C30H26ClN5O4S/c1-16-34-35-30-23(15-26(38)32-12-11-21-13-18-5-10-25(37)28(39)29(18)41-21)33-27(17-3-6-19(31)7-4-17)22-14-20(40-2)8-9-24(22)36(16)30/h3-10,13-14,23,37,39H,11-12,15H2,1-2H3,(H,32,38)/t23-/m0/s1.